The number of hydrogen-bond donors (Lipinski definition) is 0. The SMILES string of the molecule is O=N[O-].O=N[O-].O=N[O-].O=N[O-].O=N[O-].O=N[O-].[H-].[Na+].[Rh]. The van der Waals surface area contributed by atoms with Gasteiger partial charge in [-0.15, -0.1) is 32.0 Å². The third-order valence-electron chi connectivity index (χ3n) is 0. The Bertz CT molecular complexity index is 125. The number of nitrogens with zero attached hydrogens (tertiary/aromatic N) is 6. The molecule has 20 heavy (non-hydrogen) atoms. The first-order valence-electron chi connectivity index (χ1n) is 2.19. The molecule has 0 atom stereocenters. The third kappa shape index (κ3) is 926. The van der Waals surface area contributed by atoms with Crippen LogP contribution in [0.25, 0.3) is 0 Å². The fourth-order valence-corrected chi connectivity index (χ4v) is 0. The molecule has 0 unspecified atom stereocenters. The van der Waals surface area contributed by atoms with Crippen LogP contribution in [0, 0.1) is 60.7 Å². The zero-order valence-electron chi connectivity index (χ0n) is 9.92. The Hall–Kier alpha value is -1.98. The molecule has 0 aromatic heterocycles. The fraction of sp³-hybridized carbons (Fsp3) is 0. The molecule has 0 rings (SSSR count). The van der Waals surface area contributed by atoms with Crippen LogP contribution in [-0.4, -0.2) is 0 Å². The number of rotatable bonds is 0. The standard InChI is InChI=1S/6HNO2.Na.Rh.H/c6*2-1-3;;;/h6*(H,2,3);;;/q;;;;;;+1;;-1/p-6. The van der Waals surface area contributed by atoms with Crippen molar-refractivity contribution in [2.45, 2.75) is 0 Å². The zero-order valence-corrected chi connectivity index (χ0v) is 12.6. The molecule has 0 aliphatic rings. The van der Waals surface area contributed by atoms with E-state index in [-0.39, 0.29) is 50.5 Å². The van der Waals surface area contributed by atoms with Gasteiger partial charge < -0.3 is 62.1 Å². The molecule has 0 bridgehead atoms. The minimum absolute atomic E-state index is 0. The molecule has 119 valence electrons. The van der Waals surface area contributed by atoms with Crippen LogP contribution in [0.15, 0.2) is 32.0 Å². The Morgan fingerprint density at radius 1 is 0.450 bits per heavy atom. The van der Waals surface area contributed by atoms with E-state index < -0.39 is 0 Å². The van der Waals surface area contributed by atoms with Crippen molar-refractivity contribution in [3.8, 4) is 0 Å². The van der Waals surface area contributed by atoms with Gasteiger partial charge in [0.2, 0.25) is 0 Å². The van der Waals surface area contributed by atoms with E-state index in [1.807, 2.05) is 0 Å². The average Bonchev–Trinajstić information content (AvgIpc) is 2.23. The molecule has 0 aromatic carbocycles. The van der Waals surface area contributed by atoms with Crippen LogP contribution in [0.5, 0.6) is 0 Å². The maximum absolute atomic E-state index is 8.00. The second kappa shape index (κ2) is 270. The van der Waals surface area contributed by atoms with Crippen molar-refractivity contribution < 1.29 is 50.5 Å². The first kappa shape index (κ1) is 52.0. The smallest absolute Gasteiger partial charge is 1.00 e. The Kier molecular flexibility index (Phi) is 702. The maximum atomic E-state index is 8.00. The molecule has 0 aliphatic heterocycles. The molecular formula is HN6NaO12Rh-6. The summed E-state index contributed by atoms with van der Waals surface area (Å²) in [5.74, 6) is 0. The second-order valence-corrected chi connectivity index (χ2v) is 0.447. The topological polar surface area (TPSA) is 315 Å². The summed E-state index contributed by atoms with van der Waals surface area (Å²) in [6, 6.07) is 0. The number of hydrogen-bond acceptors (Lipinski definition) is 18. The van der Waals surface area contributed by atoms with Crippen molar-refractivity contribution in [1.82, 2.24) is 0 Å². The first-order valence-corrected chi connectivity index (χ1v) is 2.19. The summed E-state index contributed by atoms with van der Waals surface area (Å²) in [5.41, 5.74) is 0. The van der Waals surface area contributed by atoms with Crippen LogP contribution in [-0.2, 0) is 19.5 Å². The van der Waals surface area contributed by atoms with E-state index in [0.29, 0.717) is 0 Å². The predicted molar refractivity (Wildman–Crippen MR) is 56.1 cm³/mol. The monoisotopic (exact) mass is 403 g/mol. The molecule has 1 radical (unpaired) electrons. The quantitative estimate of drug-likeness (QED) is 0.256. The first-order chi connectivity index (χ1) is 8.49. The van der Waals surface area contributed by atoms with E-state index in [9.17, 15) is 0 Å². The molecule has 0 spiro atoms. The van der Waals surface area contributed by atoms with Crippen LogP contribution in [0.2, 0.25) is 0 Å². The van der Waals surface area contributed by atoms with Gasteiger partial charge in [-0.3, -0.25) is 0 Å². The van der Waals surface area contributed by atoms with Crippen LogP contribution in [0.3, 0.4) is 0 Å². The summed E-state index contributed by atoms with van der Waals surface area (Å²) < 4.78 is 0. The van der Waals surface area contributed by atoms with Gasteiger partial charge in [-0.25, -0.2) is 0 Å². The van der Waals surface area contributed by atoms with Gasteiger partial charge in [0.05, 0.1) is 0 Å². The van der Waals surface area contributed by atoms with E-state index >= 15 is 0 Å². The molecule has 0 fully saturated rings. The molecule has 0 heterocycles. The molecule has 0 N–H and O–H groups in total. The van der Waals surface area contributed by atoms with Crippen molar-refractivity contribution >= 4 is 0 Å². The predicted octanol–water partition coefficient (Wildman–Crippen LogP) is -1.38. The molecule has 0 amide bonds. The van der Waals surface area contributed by atoms with E-state index in [0.717, 1.165) is 32.0 Å². The Morgan fingerprint density at radius 2 is 0.450 bits per heavy atom. The summed E-state index contributed by atoms with van der Waals surface area (Å²) in [5, 5.41) is 54.0. The van der Waals surface area contributed by atoms with Crippen LogP contribution < -0.4 is 29.6 Å². The van der Waals surface area contributed by atoms with E-state index in [1.54, 1.807) is 0 Å². The van der Waals surface area contributed by atoms with E-state index in [2.05, 4.69) is 0 Å². The molecule has 0 aliphatic carbocycles. The second-order valence-electron chi connectivity index (χ2n) is 0.447. The van der Waals surface area contributed by atoms with Gasteiger partial charge in [-0.1, -0.05) is 0 Å². The van der Waals surface area contributed by atoms with Crippen LogP contribution in [0.4, 0.5) is 0 Å². The van der Waals surface area contributed by atoms with Gasteiger partial charge in [-0.05, 0) is 0 Å². The fourth-order valence-electron chi connectivity index (χ4n) is 0. The van der Waals surface area contributed by atoms with Crippen LogP contribution >= 0.6 is 0 Å². The summed E-state index contributed by atoms with van der Waals surface area (Å²) in [6.07, 6.45) is 0. The Balaban J connectivity index is -0.0000000114. The summed E-state index contributed by atoms with van der Waals surface area (Å²) in [7, 11) is 0. The van der Waals surface area contributed by atoms with Gasteiger partial charge in [0.1, 0.15) is 0 Å². The van der Waals surface area contributed by atoms with Gasteiger partial charge in [-0.2, -0.15) is 0 Å². The average molecular weight is 403 g/mol. The van der Waals surface area contributed by atoms with Crippen molar-refractivity contribution in [3.05, 3.63) is 60.7 Å². The van der Waals surface area contributed by atoms with Crippen molar-refractivity contribution in [1.29, 1.82) is 0 Å². The third-order valence-corrected chi connectivity index (χ3v) is 0. The minimum Gasteiger partial charge on any atom is -1.00 e. The molecule has 18 nitrogen and oxygen atoms in total. The molecular weight excluding hydrogens is 402 g/mol. The maximum Gasteiger partial charge on any atom is 1.00 e. The summed E-state index contributed by atoms with van der Waals surface area (Å²) in [6.45, 7) is 0. The normalized spacial score (nSPS) is 3.60. The molecule has 20 heteroatoms. The zero-order chi connectivity index (χ0) is 16.2. The van der Waals surface area contributed by atoms with Crippen molar-refractivity contribution in [2.24, 2.45) is 32.0 Å². The van der Waals surface area contributed by atoms with E-state index in [4.69, 9.17) is 60.7 Å². The van der Waals surface area contributed by atoms with Gasteiger partial charge in [0.15, 0.2) is 0 Å². The summed E-state index contributed by atoms with van der Waals surface area (Å²) in [4.78, 5) is 48.0. The van der Waals surface area contributed by atoms with E-state index in [1.165, 1.54) is 0 Å². The largest absolute Gasteiger partial charge is 1.00 e. The Morgan fingerprint density at radius 3 is 0.450 bits per heavy atom. The molecule has 0 aromatic rings. The van der Waals surface area contributed by atoms with Crippen LogP contribution in [0.1, 0.15) is 1.43 Å². The summed E-state index contributed by atoms with van der Waals surface area (Å²) >= 11 is 0. The van der Waals surface area contributed by atoms with Crippen molar-refractivity contribution in [3.63, 3.8) is 0 Å². The van der Waals surface area contributed by atoms with Gasteiger partial charge >= 0.3 is 29.6 Å². The minimum atomic E-state index is 0. The molecule has 0 saturated heterocycles. The van der Waals surface area contributed by atoms with Gasteiger partial charge in [0, 0.05) is 19.5 Å². The molecule has 0 saturated carbocycles. The van der Waals surface area contributed by atoms with Crippen molar-refractivity contribution in [2.75, 3.05) is 0 Å². The van der Waals surface area contributed by atoms with Gasteiger partial charge in [0.25, 0.3) is 0 Å². The Labute approximate surface area is 143 Å².